The summed E-state index contributed by atoms with van der Waals surface area (Å²) in [7, 11) is 1.86. The van der Waals surface area contributed by atoms with Gasteiger partial charge in [-0.2, -0.15) is 0 Å². The van der Waals surface area contributed by atoms with Crippen LogP contribution in [-0.2, 0) is 16.6 Å². The molecule has 0 radical (unpaired) electrons. The average Bonchev–Trinajstić information content (AvgIpc) is 3.37. The Morgan fingerprint density at radius 3 is 2.69 bits per heavy atom. The van der Waals surface area contributed by atoms with Gasteiger partial charge < -0.3 is 19.7 Å². The Kier molecular flexibility index (Phi) is 6.50. The maximum atomic E-state index is 12.5. The van der Waals surface area contributed by atoms with Crippen molar-refractivity contribution in [2.45, 2.75) is 37.8 Å². The van der Waals surface area contributed by atoms with Gasteiger partial charge >= 0.3 is 0 Å². The van der Waals surface area contributed by atoms with E-state index in [1.807, 2.05) is 67.4 Å². The Morgan fingerprint density at radius 1 is 1.07 bits per heavy atom. The third-order valence-corrected chi connectivity index (χ3v) is 8.12. The van der Waals surface area contributed by atoms with Crippen molar-refractivity contribution in [2.75, 3.05) is 18.5 Å². The first-order valence-corrected chi connectivity index (χ1v) is 14.0. The first-order valence-electron chi connectivity index (χ1n) is 14.0. The van der Waals surface area contributed by atoms with Crippen molar-refractivity contribution in [3.63, 3.8) is 0 Å². The molecule has 5 heterocycles. The summed E-state index contributed by atoms with van der Waals surface area (Å²) in [5.74, 6) is 2.24. The number of hydrogen-bond donors (Lipinski definition) is 1. The van der Waals surface area contributed by atoms with Crippen molar-refractivity contribution in [3.05, 3.63) is 78.8 Å². The predicted octanol–water partition coefficient (Wildman–Crippen LogP) is 4.81. The van der Waals surface area contributed by atoms with Crippen LogP contribution < -0.4 is 10.1 Å². The number of pyridine rings is 1. The van der Waals surface area contributed by atoms with E-state index in [0.717, 1.165) is 52.1 Å². The van der Waals surface area contributed by atoms with Crippen LogP contribution >= 0.6 is 0 Å². The average molecular weight is 563 g/mol. The zero-order valence-electron chi connectivity index (χ0n) is 23.4. The summed E-state index contributed by atoms with van der Waals surface area (Å²) in [6.45, 7) is 6.74. The number of rotatable bonds is 6. The number of fused-ring (bicyclic) bond motifs is 4. The summed E-state index contributed by atoms with van der Waals surface area (Å²) in [4.78, 5) is 28.5. The molecule has 0 aliphatic carbocycles. The Balaban J connectivity index is 1.12. The third-order valence-electron chi connectivity index (χ3n) is 8.12. The molecule has 11 heteroatoms. The number of aromatic nitrogens is 6. The van der Waals surface area contributed by atoms with Gasteiger partial charge in [-0.1, -0.05) is 11.8 Å². The smallest absolute Gasteiger partial charge is 0.246 e. The number of aryl methyl sites for hydroxylation is 2. The molecule has 2 unspecified atom stereocenters. The van der Waals surface area contributed by atoms with Gasteiger partial charge in [-0.3, -0.25) is 4.79 Å². The lowest BCUT2D eigenvalue weighted by atomic mass is 9.82. The van der Waals surface area contributed by atoms with Crippen molar-refractivity contribution in [3.8, 4) is 11.5 Å². The zero-order valence-corrected chi connectivity index (χ0v) is 23.4. The van der Waals surface area contributed by atoms with Crippen molar-refractivity contribution in [2.24, 2.45) is 7.05 Å². The SMILES string of the molecule is C=CC(=O)N1C2COCC1CC(c1ccc3ncnc(Nc4ccc(Oc5ccc6c(c5)nnn6C)c(C)c4)c3n1)C2. The number of carbonyl (C=O) groups is 1. The summed E-state index contributed by atoms with van der Waals surface area (Å²) in [5.41, 5.74) is 5.98. The molecule has 3 aromatic heterocycles. The van der Waals surface area contributed by atoms with Gasteiger partial charge in [-0.05, 0) is 73.9 Å². The molecule has 2 atom stereocenters. The maximum Gasteiger partial charge on any atom is 0.246 e. The van der Waals surface area contributed by atoms with Gasteiger partial charge in [0.25, 0.3) is 0 Å². The second-order valence-electron chi connectivity index (χ2n) is 10.9. The van der Waals surface area contributed by atoms with Crippen LogP contribution in [0.2, 0.25) is 0 Å². The minimum absolute atomic E-state index is 0.0151. The summed E-state index contributed by atoms with van der Waals surface area (Å²) in [6, 6.07) is 15.7. The highest BCUT2D eigenvalue weighted by Gasteiger charge is 2.41. The second kappa shape index (κ2) is 10.5. The Labute approximate surface area is 242 Å². The van der Waals surface area contributed by atoms with E-state index < -0.39 is 0 Å². The molecular formula is C31H30N8O3. The zero-order chi connectivity index (χ0) is 28.8. The normalized spacial score (nSPS) is 20.0. The lowest BCUT2D eigenvalue weighted by Gasteiger charge is -2.48. The van der Waals surface area contributed by atoms with E-state index in [-0.39, 0.29) is 23.9 Å². The molecule has 2 bridgehead atoms. The minimum Gasteiger partial charge on any atom is -0.457 e. The maximum absolute atomic E-state index is 12.5. The fraction of sp³-hybridized carbons (Fsp3) is 0.290. The number of nitrogens with one attached hydrogen (secondary N) is 1. The van der Waals surface area contributed by atoms with E-state index in [2.05, 4.69) is 32.2 Å². The first kappa shape index (κ1) is 26.0. The summed E-state index contributed by atoms with van der Waals surface area (Å²) < 4.78 is 13.7. The quantitative estimate of drug-likeness (QED) is 0.291. The molecular weight excluding hydrogens is 532 g/mol. The largest absolute Gasteiger partial charge is 0.457 e. The van der Waals surface area contributed by atoms with E-state index in [1.165, 1.54) is 6.08 Å². The highest BCUT2D eigenvalue weighted by molar-refractivity contribution is 5.88. The molecule has 42 heavy (non-hydrogen) atoms. The van der Waals surface area contributed by atoms with E-state index in [1.54, 1.807) is 11.0 Å². The Bertz CT molecular complexity index is 1820. The number of amides is 1. The predicted molar refractivity (Wildman–Crippen MR) is 158 cm³/mol. The summed E-state index contributed by atoms with van der Waals surface area (Å²) >= 11 is 0. The third kappa shape index (κ3) is 4.71. The van der Waals surface area contributed by atoms with Gasteiger partial charge in [0.2, 0.25) is 5.91 Å². The Hall–Kier alpha value is -4.90. The molecule has 1 amide bonds. The van der Waals surface area contributed by atoms with E-state index in [9.17, 15) is 4.79 Å². The molecule has 0 saturated carbocycles. The number of morpholine rings is 1. The number of hydrogen-bond acceptors (Lipinski definition) is 9. The Morgan fingerprint density at radius 2 is 1.90 bits per heavy atom. The molecule has 2 fully saturated rings. The number of benzene rings is 2. The fourth-order valence-corrected chi connectivity index (χ4v) is 6.09. The van der Waals surface area contributed by atoms with Crippen molar-refractivity contribution < 1.29 is 14.3 Å². The second-order valence-corrected chi connectivity index (χ2v) is 10.9. The molecule has 0 spiro atoms. The lowest BCUT2D eigenvalue weighted by Crippen LogP contribution is -2.58. The van der Waals surface area contributed by atoms with Crippen molar-refractivity contribution in [1.29, 1.82) is 0 Å². The van der Waals surface area contributed by atoms with Crippen LogP contribution in [0.4, 0.5) is 11.5 Å². The van der Waals surface area contributed by atoms with E-state index >= 15 is 0 Å². The van der Waals surface area contributed by atoms with Crippen LogP contribution in [0.3, 0.4) is 0 Å². The van der Waals surface area contributed by atoms with Crippen molar-refractivity contribution >= 4 is 39.5 Å². The van der Waals surface area contributed by atoms with Gasteiger partial charge in [0.1, 0.15) is 28.9 Å². The summed E-state index contributed by atoms with van der Waals surface area (Å²) in [6.07, 6.45) is 4.51. The molecule has 2 saturated heterocycles. The van der Waals surface area contributed by atoms with Crippen LogP contribution in [0.1, 0.15) is 30.0 Å². The molecule has 2 aromatic carbocycles. The van der Waals surface area contributed by atoms with Gasteiger partial charge in [0, 0.05) is 30.4 Å². The molecule has 2 aliphatic rings. The monoisotopic (exact) mass is 562 g/mol. The van der Waals surface area contributed by atoms with Crippen LogP contribution in [0.25, 0.3) is 22.1 Å². The molecule has 5 aromatic rings. The number of piperidine rings is 1. The first-order chi connectivity index (χ1) is 20.5. The molecule has 212 valence electrons. The van der Waals surface area contributed by atoms with Crippen LogP contribution in [0, 0.1) is 6.92 Å². The van der Waals surface area contributed by atoms with Crippen LogP contribution in [-0.4, -0.2) is 66.1 Å². The molecule has 2 aliphatic heterocycles. The van der Waals surface area contributed by atoms with Gasteiger partial charge in [-0.15, -0.1) is 5.10 Å². The minimum atomic E-state index is -0.0311. The molecule has 7 rings (SSSR count). The topological polar surface area (TPSA) is 120 Å². The number of carbonyl (C=O) groups excluding carboxylic acids is 1. The van der Waals surface area contributed by atoms with E-state index in [4.69, 9.17) is 14.5 Å². The van der Waals surface area contributed by atoms with Crippen LogP contribution in [0.15, 0.2) is 67.5 Å². The van der Waals surface area contributed by atoms with Gasteiger partial charge in [0.05, 0.1) is 36.3 Å². The lowest BCUT2D eigenvalue weighted by molar-refractivity contribution is -0.146. The van der Waals surface area contributed by atoms with Crippen LogP contribution in [0.5, 0.6) is 11.5 Å². The van der Waals surface area contributed by atoms with Crippen molar-refractivity contribution in [1.82, 2.24) is 34.8 Å². The van der Waals surface area contributed by atoms with E-state index in [0.29, 0.717) is 30.3 Å². The van der Waals surface area contributed by atoms with Gasteiger partial charge in [-0.25, -0.2) is 19.6 Å². The molecule has 1 N–H and O–H groups in total. The van der Waals surface area contributed by atoms with Gasteiger partial charge in [0.15, 0.2) is 5.82 Å². The standard InChI is InChI=1S/C31H30N8O3/c1-4-29(40)39-21-12-19(13-22(39)16-41-15-21)24-7-8-25-30(35-24)31(33-17-32-25)34-20-5-10-28(18(2)11-20)42-23-6-9-27-26(14-23)36-37-38(27)3/h4-11,14,17,19,21-22H,1,12-13,15-16H2,2-3H3,(H,32,33,34). The molecule has 11 nitrogen and oxygen atoms in total. The number of nitrogens with zero attached hydrogens (tertiary/aromatic N) is 7. The highest BCUT2D eigenvalue weighted by atomic mass is 16.5. The number of ether oxygens (including phenoxy) is 2. The fourth-order valence-electron chi connectivity index (χ4n) is 6.09. The summed E-state index contributed by atoms with van der Waals surface area (Å²) in [5, 5.41) is 11.7. The number of anilines is 2. The highest BCUT2D eigenvalue weighted by Crippen LogP contribution is 2.38.